The van der Waals surface area contributed by atoms with Gasteiger partial charge in [0, 0.05) is 31.4 Å². The highest BCUT2D eigenvalue weighted by atomic mass is 16.5. The first kappa shape index (κ1) is 22.6. The Hall–Kier alpha value is -4.15. The molecule has 1 aliphatic heterocycles. The molecule has 7 nitrogen and oxygen atoms in total. The van der Waals surface area contributed by atoms with Crippen molar-refractivity contribution in [1.29, 1.82) is 5.26 Å². The van der Waals surface area contributed by atoms with Crippen LogP contribution in [0.15, 0.2) is 79.0 Å². The number of piperidine rings is 1. The van der Waals surface area contributed by atoms with Crippen LogP contribution in [-0.4, -0.2) is 33.9 Å². The molecule has 35 heavy (non-hydrogen) atoms. The van der Waals surface area contributed by atoms with Crippen molar-refractivity contribution in [1.82, 2.24) is 14.6 Å². The Morgan fingerprint density at radius 1 is 1.00 bits per heavy atom. The SMILES string of the molecule is CC(Oc1cccc(-n2c(-c3ccccn3)cc(-c3ccccc3C#N)[n+]2[O-])c1)N1CCCCC1. The van der Waals surface area contributed by atoms with Crippen LogP contribution in [0.1, 0.15) is 31.7 Å². The minimum atomic E-state index is -0.0529. The lowest BCUT2D eigenvalue weighted by Gasteiger charge is -2.32. The van der Waals surface area contributed by atoms with Crippen LogP contribution in [0.2, 0.25) is 0 Å². The molecule has 0 N–H and O–H groups in total. The Labute approximate surface area is 205 Å². The van der Waals surface area contributed by atoms with Gasteiger partial charge in [0.2, 0.25) is 0 Å². The molecule has 7 heteroatoms. The molecule has 0 saturated carbocycles. The van der Waals surface area contributed by atoms with Crippen LogP contribution in [0.25, 0.3) is 28.3 Å². The largest absolute Gasteiger partial charge is 0.595 e. The van der Waals surface area contributed by atoms with Gasteiger partial charge < -0.3 is 9.94 Å². The lowest BCUT2D eigenvalue weighted by Crippen LogP contribution is -2.40. The van der Waals surface area contributed by atoms with E-state index in [-0.39, 0.29) is 6.23 Å². The first-order valence-electron chi connectivity index (χ1n) is 11.9. The Bertz CT molecular complexity index is 1350. The standard InChI is InChI=1S/C28H27N5O2/c1-21(31-16-7-2-8-17-31)35-24-12-9-11-23(18-24)32-28(26-14-5-6-15-30-26)19-27(33(32)34)25-13-4-3-10-22(25)20-29/h3-6,9-15,18-19,21H,2,7-8,16-17H2,1H3. The summed E-state index contributed by atoms with van der Waals surface area (Å²) in [4.78, 5) is 7.65. The van der Waals surface area contributed by atoms with E-state index in [0.717, 1.165) is 17.9 Å². The van der Waals surface area contributed by atoms with Gasteiger partial charge >= 0.3 is 0 Å². The molecule has 2 aromatic carbocycles. The average Bonchev–Trinajstić information content (AvgIpc) is 3.26. The Kier molecular flexibility index (Phi) is 6.47. The summed E-state index contributed by atoms with van der Waals surface area (Å²) in [5.41, 5.74) is 3.34. The molecular formula is C28H27N5O2. The van der Waals surface area contributed by atoms with Crippen LogP contribution in [0.5, 0.6) is 5.75 Å². The lowest BCUT2D eigenvalue weighted by molar-refractivity contribution is -0.672. The third kappa shape index (κ3) is 4.61. The van der Waals surface area contributed by atoms with E-state index >= 15 is 0 Å². The second kappa shape index (κ2) is 10.00. The highest BCUT2D eigenvalue weighted by molar-refractivity contribution is 5.70. The van der Waals surface area contributed by atoms with Gasteiger partial charge in [0.1, 0.15) is 29.4 Å². The molecule has 1 saturated heterocycles. The molecule has 1 unspecified atom stereocenters. The molecule has 2 aromatic heterocycles. The maximum atomic E-state index is 13.7. The zero-order chi connectivity index (χ0) is 24.2. The van der Waals surface area contributed by atoms with Gasteiger partial charge in [-0.25, -0.2) is 0 Å². The molecule has 0 aliphatic carbocycles. The monoisotopic (exact) mass is 465 g/mol. The van der Waals surface area contributed by atoms with Crippen molar-refractivity contribution in [2.75, 3.05) is 13.1 Å². The average molecular weight is 466 g/mol. The maximum absolute atomic E-state index is 13.7. The Morgan fingerprint density at radius 2 is 1.80 bits per heavy atom. The van der Waals surface area contributed by atoms with Crippen molar-refractivity contribution in [3.63, 3.8) is 0 Å². The molecule has 5 rings (SSSR count). The number of ether oxygens (including phenoxy) is 1. The number of hydrogen-bond donors (Lipinski definition) is 0. The van der Waals surface area contributed by atoms with Crippen LogP contribution < -0.4 is 9.58 Å². The van der Waals surface area contributed by atoms with Gasteiger partial charge in [0.25, 0.3) is 5.69 Å². The quantitative estimate of drug-likeness (QED) is 0.298. The van der Waals surface area contributed by atoms with Gasteiger partial charge in [0.15, 0.2) is 0 Å². The lowest BCUT2D eigenvalue weighted by atomic mass is 10.1. The molecule has 0 radical (unpaired) electrons. The van der Waals surface area contributed by atoms with E-state index in [1.165, 1.54) is 19.3 Å². The number of hydrogen-bond acceptors (Lipinski definition) is 5. The third-order valence-corrected chi connectivity index (χ3v) is 6.41. The van der Waals surface area contributed by atoms with E-state index in [1.807, 2.05) is 48.5 Å². The second-order valence-electron chi connectivity index (χ2n) is 8.68. The van der Waals surface area contributed by atoms with Crippen LogP contribution in [-0.2, 0) is 0 Å². The molecule has 0 bridgehead atoms. The fraction of sp³-hybridized carbons (Fsp3) is 0.250. The first-order valence-corrected chi connectivity index (χ1v) is 11.9. The maximum Gasteiger partial charge on any atom is 0.253 e. The minimum Gasteiger partial charge on any atom is -0.595 e. The van der Waals surface area contributed by atoms with Gasteiger partial charge in [0.05, 0.1) is 16.8 Å². The predicted octanol–water partition coefficient (Wildman–Crippen LogP) is 4.92. The van der Waals surface area contributed by atoms with Crippen LogP contribution in [0.3, 0.4) is 0 Å². The van der Waals surface area contributed by atoms with E-state index in [9.17, 15) is 10.5 Å². The molecule has 1 fully saturated rings. The number of nitriles is 1. The topological polar surface area (TPSA) is 81.0 Å². The van der Waals surface area contributed by atoms with Crippen LogP contribution in [0.4, 0.5) is 0 Å². The van der Waals surface area contributed by atoms with Gasteiger partial charge in [-0.15, -0.1) is 4.68 Å². The van der Waals surface area contributed by atoms with E-state index in [2.05, 4.69) is 22.9 Å². The molecule has 1 atom stereocenters. The summed E-state index contributed by atoms with van der Waals surface area (Å²) in [6.45, 7) is 4.13. The second-order valence-corrected chi connectivity index (χ2v) is 8.68. The number of pyridine rings is 1. The van der Waals surface area contributed by atoms with Crippen LogP contribution in [0, 0.1) is 16.5 Å². The molecule has 4 aromatic rings. The van der Waals surface area contributed by atoms with E-state index in [1.54, 1.807) is 35.1 Å². The molecule has 0 spiro atoms. The highest BCUT2D eigenvalue weighted by Crippen LogP contribution is 2.29. The van der Waals surface area contributed by atoms with Crippen molar-refractivity contribution in [2.45, 2.75) is 32.4 Å². The Morgan fingerprint density at radius 3 is 2.57 bits per heavy atom. The smallest absolute Gasteiger partial charge is 0.253 e. The van der Waals surface area contributed by atoms with E-state index in [4.69, 9.17) is 4.74 Å². The van der Waals surface area contributed by atoms with Crippen molar-refractivity contribution in [2.24, 2.45) is 0 Å². The fourth-order valence-electron chi connectivity index (χ4n) is 4.62. The summed E-state index contributed by atoms with van der Waals surface area (Å²) in [6.07, 6.45) is 5.29. The summed E-state index contributed by atoms with van der Waals surface area (Å²) in [7, 11) is 0. The summed E-state index contributed by atoms with van der Waals surface area (Å²) in [5.74, 6) is 0.695. The molecule has 0 amide bonds. The van der Waals surface area contributed by atoms with Crippen molar-refractivity contribution >= 4 is 0 Å². The van der Waals surface area contributed by atoms with E-state index in [0.29, 0.717) is 39.6 Å². The van der Waals surface area contributed by atoms with Gasteiger partial charge in [-0.2, -0.15) is 5.26 Å². The van der Waals surface area contributed by atoms with Gasteiger partial charge in [-0.05, 0) is 56.2 Å². The van der Waals surface area contributed by atoms with E-state index < -0.39 is 0 Å². The zero-order valence-electron chi connectivity index (χ0n) is 19.7. The summed E-state index contributed by atoms with van der Waals surface area (Å²) in [6, 6.07) is 24.2. The van der Waals surface area contributed by atoms with Gasteiger partial charge in [-0.3, -0.25) is 9.88 Å². The normalized spacial score (nSPS) is 14.9. The number of aromatic nitrogens is 3. The molecule has 3 heterocycles. The van der Waals surface area contributed by atoms with Crippen molar-refractivity contribution in [3.05, 3.63) is 89.8 Å². The van der Waals surface area contributed by atoms with Crippen molar-refractivity contribution in [3.8, 4) is 40.2 Å². The zero-order valence-corrected chi connectivity index (χ0v) is 19.7. The first-order chi connectivity index (χ1) is 17.2. The summed E-state index contributed by atoms with van der Waals surface area (Å²) >= 11 is 0. The third-order valence-electron chi connectivity index (χ3n) is 6.41. The number of benzene rings is 2. The molecular weight excluding hydrogens is 438 g/mol. The van der Waals surface area contributed by atoms with Gasteiger partial charge in [-0.1, -0.05) is 35.5 Å². The van der Waals surface area contributed by atoms with Crippen molar-refractivity contribution < 1.29 is 9.58 Å². The minimum absolute atomic E-state index is 0.0529. The number of rotatable bonds is 6. The fourth-order valence-corrected chi connectivity index (χ4v) is 4.62. The highest BCUT2D eigenvalue weighted by Gasteiger charge is 2.26. The molecule has 176 valence electrons. The van der Waals surface area contributed by atoms with Crippen LogP contribution >= 0.6 is 0 Å². The summed E-state index contributed by atoms with van der Waals surface area (Å²) in [5, 5.41) is 23.3. The molecule has 1 aliphatic rings. The summed E-state index contributed by atoms with van der Waals surface area (Å²) < 4.78 is 7.85. The number of likely N-dealkylation sites (tertiary alicyclic amines) is 1. The number of nitrogens with zero attached hydrogens (tertiary/aromatic N) is 5. The predicted molar refractivity (Wildman–Crippen MR) is 134 cm³/mol. The Balaban J connectivity index is 1.58.